The highest BCUT2D eigenvalue weighted by atomic mass is 16.7. The zero-order chi connectivity index (χ0) is 26.9. The maximum absolute atomic E-state index is 13.6. The molecule has 37 heavy (non-hydrogen) atoms. The van der Waals surface area contributed by atoms with E-state index in [1.165, 1.54) is 19.9 Å². The van der Waals surface area contributed by atoms with E-state index in [1.807, 2.05) is 30.3 Å². The number of hydrogen-bond acceptors (Lipinski definition) is 7. The van der Waals surface area contributed by atoms with Gasteiger partial charge in [0.15, 0.2) is 12.5 Å². The van der Waals surface area contributed by atoms with Crippen molar-refractivity contribution in [2.45, 2.75) is 45.9 Å². The largest absolute Gasteiger partial charge is 0.711 e. The van der Waals surface area contributed by atoms with Gasteiger partial charge in [-0.25, -0.2) is 14.1 Å². The van der Waals surface area contributed by atoms with Gasteiger partial charge in [0.25, 0.3) is 11.6 Å². The Morgan fingerprint density at radius 3 is 2.30 bits per heavy atom. The van der Waals surface area contributed by atoms with Crippen LogP contribution in [0.25, 0.3) is 0 Å². The first-order chi connectivity index (χ1) is 17.5. The van der Waals surface area contributed by atoms with Gasteiger partial charge in [-0.3, -0.25) is 9.59 Å². The molecule has 1 aromatic heterocycles. The fourth-order valence-corrected chi connectivity index (χ4v) is 4.53. The zero-order valence-electron chi connectivity index (χ0n) is 21.0. The number of ether oxygens (including phenoxy) is 3. The molecule has 0 saturated carbocycles. The third kappa shape index (κ3) is 5.13. The van der Waals surface area contributed by atoms with Crippen LogP contribution in [0.15, 0.2) is 54.6 Å². The molecule has 0 spiro atoms. The molecule has 1 fully saturated rings. The third-order valence-corrected chi connectivity index (χ3v) is 6.32. The predicted octanol–water partition coefficient (Wildman–Crippen LogP) is 2.83. The van der Waals surface area contributed by atoms with Crippen molar-refractivity contribution < 1.29 is 38.4 Å². The van der Waals surface area contributed by atoms with Gasteiger partial charge in [-0.15, -0.1) is 0 Å². The monoisotopic (exact) mass is 508 g/mol. The second-order valence-electron chi connectivity index (χ2n) is 9.31. The Labute approximate surface area is 213 Å². The Morgan fingerprint density at radius 2 is 1.68 bits per heavy atom. The Kier molecular flexibility index (Phi) is 6.93. The Morgan fingerprint density at radius 1 is 1.08 bits per heavy atom. The van der Waals surface area contributed by atoms with Gasteiger partial charge in [0.1, 0.15) is 29.6 Å². The molecule has 0 bridgehead atoms. The first-order valence-electron chi connectivity index (χ1n) is 11.7. The average molecular weight is 509 g/mol. The highest BCUT2D eigenvalue weighted by Gasteiger charge is 2.52. The highest BCUT2D eigenvalue weighted by Crippen LogP contribution is 2.41. The lowest BCUT2D eigenvalue weighted by molar-refractivity contribution is -0.621. The summed E-state index contributed by atoms with van der Waals surface area (Å²) in [6.07, 6.45) is 0. The van der Waals surface area contributed by atoms with Crippen LogP contribution in [0.5, 0.6) is 5.75 Å². The molecule has 0 unspecified atom stereocenters. The van der Waals surface area contributed by atoms with Crippen molar-refractivity contribution in [3.8, 4) is 5.75 Å². The molecule has 10 nitrogen and oxygen atoms in total. The van der Waals surface area contributed by atoms with Crippen molar-refractivity contribution in [3.63, 3.8) is 0 Å². The summed E-state index contributed by atoms with van der Waals surface area (Å²) >= 11 is 0. The number of benzene rings is 2. The van der Waals surface area contributed by atoms with E-state index in [2.05, 4.69) is 0 Å². The Bertz CT molecular complexity index is 1330. The molecule has 0 aliphatic carbocycles. The molecular weight excluding hydrogens is 480 g/mol. The van der Waals surface area contributed by atoms with Gasteiger partial charge >= 0.3 is 17.9 Å². The van der Waals surface area contributed by atoms with Crippen molar-refractivity contribution >= 4 is 17.9 Å². The van der Waals surface area contributed by atoms with Gasteiger partial charge < -0.3 is 24.5 Å². The van der Waals surface area contributed by atoms with E-state index < -0.39 is 42.1 Å². The minimum Gasteiger partial charge on any atom is -0.711 e. The standard InChI is InChI=1S/C27H28N2O8/c1-16-17(2)29(34)24(28(16)14-18-10-6-5-7-11-18)22(23-25(32)36-27(3,4)37-26(23)33)19-12-8-9-13-20(19)35-15-21(30)31/h5-13,22-23H,14-15H2,1-4H3,(H,30,31)/t22-/m1/s1. The minimum atomic E-state index is -1.54. The molecule has 0 radical (unpaired) electrons. The van der Waals surface area contributed by atoms with Gasteiger partial charge in [-0.1, -0.05) is 48.5 Å². The number of carboxylic acids is 1. The fourth-order valence-electron chi connectivity index (χ4n) is 4.53. The molecule has 4 rings (SSSR count). The SMILES string of the molecule is Cc1c(C)[n+]([O-])c([C@H](c2ccccc2OCC(=O)O)C2C(=O)OC(C)(C)OC2=O)n1Cc1ccccc1. The van der Waals surface area contributed by atoms with E-state index in [0.29, 0.717) is 16.1 Å². The summed E-state index contributed by atoms with van der Waals surface area (Å²) in [6.45, 7) is 5.95. The number of nitrogens with zero attached hydrogens (tertiary/aromatic N) is 2. The molecule has 10 heteroatoms. The van der Waals surface area contributed by atoms with Gasteiger partial charge in [0.2, 0.25) is 0 Å². The zero-order valence-corrected chi connectivity index (χ0v) is 21.0. The van der Waals surface area contributed by atoms with Crippen LogP contribution in [0.1, 0.15) is 48.1 Å². The molecular formula is C27H28N2O8. The first-order valence-corrected chi connectivity index (χ1v) is 11.7. The molecule has 194 valence electrons. The number of imidazole rings is 1. The van der Waals surface area contributed by atoms with E-state index in [4.69, 9.17) is 14.2 Å². The van der Waals surface area contributed by atoms with E-state index in [9.17, 15) is 24.7 Å². The van der Waals surface area contributed by atoms with Gasteiger partial charge in [-0.2, -0.15) is 0 Å². The number of carbonyl (C=O) groups is 3. The molecule has 3 aromatic rings. The summed E-state index contributed by atoms with van der Waals surface area (Å²) in [5.41, 5.74) is 2.20. The van der Waals surface area contributed by atoms with Crippen LogP contribution in [0.3, 0.4) is 0 Å². The minimum absolute atomic E-state index is 0.101. The molecule has 1 saturated heterocycles. The molecule has 0 amide bonds. The first kappa shape index (κ1) is 25.7. The lowest BCUT2D eigenvalue weighted by Crippen LogP contribution is -2.50. The van der Waals surface area contributed by atoms with Gasteiger partial charge in [0.05, 0.1) is 0 Å². The third-order valence-electron chi connectivity index (χ3n) is 6.32. The van der Waals surface area contributed by atoms with Crippen LogP contribution in [-0.2, 0) is 30.4 Å². The summed E-state index contributed by atoms with van der Waals surface area (Å²) in [5, 5.41) is 22.8. The summed E-state index contributed by atoms with van der Waals surface area (Å²) in [5.74, 6) is -6.92. The highest BCUT2D eigenvalue weighted by molar-refractivity contribution is 5.98. The predicted molar refractivity (Wildman–Crippen MR) is 130 cm³/mol. The normalized spacial score (nSPS) is 16.1. The van der Waals surface area contributed by atoms with E-state index in [-0.39, 0.29) is 23.7 Å². The van der Waals surface area contributed by atoms with E-state index in [1.54, 1.807) is 36.6 Å². The summed E-state index contributed by atoms with van der Waals surface area (Å²) in [7, 11) is 0. The maximum atomic E-state index is 13.6. The fraction of sp³-hybridized carbons (Fsp3) is 0.333. The van der Waals surface area contributed by atoms with Crippen LogP contribution in [0.2, 0.25) is 0 Å². The lowest BCUT2D eigenvalue weighted by Gasteiger charge is -2.35. The molecule has 1 aliphatic heterocycles. The number of esters is 2. The van der Waals surface area contributed by atoms with Gasteiger partial charge in [0, 0.05) is 33.3 Å². The lowest BCUT2D eigenvalue weighted by atomic mass is 9.83. The van der Waals surface area contributed by atoms with Crippen molar-refractivity contribution in [1.29, 1.82) is 0 Å². The topological polar surface area (TPSA) is 131 Å². The number of para-hydroxylation sites is 1. The smallest absolute Gasteiger partial charge is 0.341 e. The summed E-state index contributed by atoms with van der Waals surface area (Å²) in [6, 6.07) is 15.8. The Balaban J connectivity index is 1.95. The number of aliphatic carboxylic acids is 1. The number of carboxylic acid groups (broad SMARTS) is 1. The summed E-state index contributed by atoms with van der Waals surface area (Å²) in [4.78, 5) is 37.8. The van der Waals surface area contributed by atoms with Crippen molar-refractivity contribution in [3.05, 3.63) is 88.1 Å². The van der Waals surface area contributed by atoms with Crippen molar-refractivity contribution in [2.24, 2.45) is 5.92 Å². The number of aromatic nitrogens is 2. The second kappa shape index (κ2) is 9.96. The molecule has 1 atom stereocenters. The molecule has 1 N–H and O–H groups in total. The summed E-state index contributed by atoms with van der Waals surface area (Å²) < 4.78 is 18.8. The van der Waals surface area contributed by atoms with E-state index in [0.717, 1.165) is 5.56 Å². The number of carbonyl (C=O) groups excluding carboxylic acids is 2. The van der Waals surface area contributed by atoms with Crippen LogP contribution in [0.4, 0.5) is 0 Å². The average Bonchev–Trinajstić information content (AvgIpc) is 3.04. The number of rotatable bonds is 8. The second-order valence-corrected chi connectivity index (χ2v) is 9.31. The Hall–Kier alpha value is -4.34. The van der Waals surface area contributed by atoms with Crippen molar-refractivity contribution in [1.82, 2.24) is 4.57 Å². The molecule has 2 aromatic carbocycles. The van der Waals surface area contributed by atoms with Crippen LogP contribution in [0, 0.1) is 25.0 Å². The van der Waals surface area contributed by atoms with Crippen LogP contribution >= 0.6 is 0 Å². The number of hydrogen-bond donors (Lipinski definition) is 1. The van der Waals surface area contributed by atoms with Crippen LogP contribution < -0.4 is 9.47 Å². The maximum Gasteiger partial charge on any atom is 0.341 e. The quantitative estimate of drug-likeness (QED) is 0.213. The molecule has 2 heterocycles. The van der Waals surface area contributed by atoms with E-state index >= 15 is 0 Å². The number of cyclic esters (lactones) is 2. The van der Waals surface area contributed by atoms with Crippen LogP contribution in [-0.4, -0.2) is 40.0 Å². The molecule has 1 aliphatic rings. The van der Waals surface area contributed by atoms with Gasteiger partial charge in [-0.05, 0) is 11.6 Å². The van der Waals surface area contributed by atoms with Crippen molar-refractivity contribution in [2.75, 3.05) is 6.61 Å².